The fraction of sp³-hybridized carbons (Fsp3) is 0.217. The maximum atomic E-state index is 7.10. The first-order chi connectivity index (χ1) is 12.3. The van der Waals surface area contributed by atoms with Crippen LogP contribution in [0.3, 0.4) is 0 Å². The Morgan fingerprint density at radius 3 is 2.12 bits per heavy atom. The van der Waals surface area contributed by atoms with Crippen molar-refractivity contribution >= 4 is 18.9 Å². The van der Waals surface area contributed by atoms with Gasteiger partial charge in [0.05, 0.1) is 14.6 Å². The van der Waals surface area contributed by atoms with Crippen molar-refractivity contribution in [3.63, 3.8) is 0 Å². The molecule has 0 atom stereocenters. The molecule has 0 aliphatic heterocycles. The number of hydrogen-bond acceptors (Lipinski definition) is 0. The molecule has 0 aliphatic rings. The summed E-state index contributed by atoms with van der Waals surface area (Å²) in [5.74, 6) is 0. The van der Waals surface area contributed by atoms with E-state index in [9.17, 15) is 0 Å². The molecule has 0 unspecified atom stereocenters. The van der Waals surface area contributed by atoms with Crippen LogP contribution in [0.4, 0.5) is 5.69 Å². The van der Waals surface area contributed by atoms with Crippen molar-refractivity contribution in [2.75, 3.05) is 0 Å². The summed E-state index contributed by atoms with van der Waals surface area (Å²) in [4.78, 5) is 3.47. The molecule has 3 aromatic rings. The summed E-state index contributed by atoms with van der Waals surface area (Å²) >= 11 is 0. The fourth-order valence-corrected chi connectivity index (χ4v) is 4.30. The molecule has 3 heteroatoms. The van der Waals surface area contributed by atoms with E-state index >= 15 is 0 Å². The molecule has 0 bridgehead atoms. The summed E-state index contributed by atoms with van der Waals surface area (Å²) in [5, 5.41) is 1.47. The Morgan fingerprint density at radius 2 is 1.54 bits per heavy atom. The third-order valence-electron chi connectivity index (χ3n) is 4.84. The van der Waals surface area contributed by atoms with E-state index in [0.29, 0.717) is 5.69 Å². The number of benzene rings is 2. The number of rotatable bonds is 3. The van der Waals surface area contributed by atoms with Crippen molar-refractivity contribution in [1.82, 2.24) is 0 Å². The quantitative estimate of drug-likeness (QED) is 0.344. The zero-order valence-corrected chi connectivity index (χ0v) is 17.2. The zero-order valence-electron chi connectivity index (χ0n) is 16.2. The molecule has 0 amide bonds. The van der Waals surface area contributed by atoms with Crippen LogP contribution in [-0.4, -0.2) is 8.07 Å². The number of pyridine rings is 1. The lowest BCUT2D eigenvalue weighted by Crippen LogP contribution is -2.44. The molecule has 3 rings (SSSR count). The van der Waals surface area contributed by atoms with Gasteiger partial charge in [-0.25, -0.2) is 9.41 Å². The molecule has 2 nitrogen and oxygen atoms in total. The van der Waals surface area contributed by atoms with E-state index in [1.165, 1.54) is 27.6 Å². The van der Waals surface area contributed by atoms with Gasteiger partial charge in [0.15, 0.2) is 11.9 Å². The molecule has 0 saturated heterocycles. The van der Waals surface area contributed by atoms with Crippen LogP contribution in [-0.2, 0) is 7.05 Å². The van der Waals surface area contributed by atoms with Crippen LogP contribution in [0.5, 0.6) is 0 Å². The Bertz CT molecular complexity index is 990. The first-order valence-electron chi connectivity index (χ1n) is 8.88. The van der Waals surface area contributed by atoms with Crippen molar-refractivity contribution < 1.29 is 4.57 Å². The molecule has 130 valence electrons. The van der Waals surface area contributed by atoms with E-state index in [2.05, 4.69) is 79.6 Å². The van der Waals surface area contributed by atoms with Gasteiger partial charge in [-0.15, -0.1) is 0 Å². The highest BCUT2D eigenvalue weighted by atomic mass is 28.3. The van der Waals surface area contributed by atoms with Gasteiger partial charge in [0.2, 0.25) is 5.69 Å². The third-order valence-corrected chi connectivity index (χ3v) is 6.87. The van der Waals surface area contributed by atoms with Gasteiger partial charge in [0.1, 0.15) is 7.05 Å². The van der Waals surface area contributed by atoms with Crippen molar-refractivity contribution in [3.05, 3.63) is 77.8 Å². The van der Waals surface area contributed by atoms with E-state index < -0.39 is 8.07 Å². The molecular formula is C23H25N2Si+. The maximum Gasteiger partial charge on any atom is 0.212 e. The SMILES string of the molecule is [C-]#[N+]c1ccc(-c2ccc(C)c(-c3ccc([Si](C)(C)C)c[n+]3C)c2)cc1. The van der Waals surface area contributed by atoms with Gasteiger partial charge < -0.3 is 0 Å². The molecule has 0 radical (unpaired) electrons. The largest absolute Gasteiger partial charge is 0.238 e. The molecule has 0 N–H and O–H groups in total. The highest BCUT2D eigenvalue weighted by Gasteiger charge is 2.22. The van der Waals surface area contributed by atoms with Gasteiger partial charge in [0.25, 0.3) is 0 Å². The summed E-state index contributed by atoms with van der Waals surface area (Å²) in [5.41, 5.74) is 6.74. The highest BCUT2D eigenvalue weighted by Crippen LogP contribution is 2.28. The van der Waals surface area contributed by atoms with Gasteiger partial charge in [-0.3, -0.25) is 0 Å². The van der Waals surface area contributed by atoms with Crippen LogP contribution < -0.4 is 9.75 Å². The van der Waals surface area contributed by atoms with Crippen LogP contribution in [0.15, 0.2) is 60.8 Å². The average Bonchev–Trinajstić information content (AvgIpc) is 2.62. The predicted octanol–water partition coefficient (Wildman–Crippen LogP) is 5.25. The Hall–Kier alpha value is -2.70. The molecule has 1 heterocycles. The van der Waals surface area contributed by atoms with Crippen LogP contribution in [0, 0.1) is 13.5 Å². The molecule has 2 aromatic carbocycles. The second-order valence-corrected chi connectivity index (χ2v) is 12.9. The Balaban J connectivity index is 2.07. The van der Waals surface area contributed by atoms with Crippen molar-refractivity contribution in [1.29, 1.82) is 0 Å². The third kappa shape index (κ3) is 3.61. The maximum absolute atomic E-state index is 7.10. The summed E-state index contributed by atoms with van der Waals surface area (Å²) in [6, 6.07) is 18.9. The van der Waals surface area contributed by atoms with Crippen LogP contribution in [0.25, 0.3) is 27.2 Å². The lowest BCUT2D eigenvalue weighted by Gasteiger charge is -2.15. The summed E-state index contributed by atoms with van der Waals surface area (Å²) in [7, 11) is 0.815. The van der Waals surface area contributed by atoms with Gasteiger partial charge >= 0.3 is 0 Å². The Kier molecular flexibility index (Phi) is 4.80. The van der Waals surface area contributed by atoms with Crippen molar-refractivity contribution in [2.24, 2.45) is 7.05 Å². The fourth-order valence-electron chi connectivity index (χ4n) is 3.14. The minimum Gasteiger partial charge on any atom is -0.238 e. The minimum atomic E-state index is -1.32. The van der Waals surface area contributed by atoms with E-state index in [1.54, 1.807) is 0 Å². The van der Waals surface area contributed by atoms with Gasteiger partial charge in [-0.05, 0) is 29.7 Å². The highest BCUT2D eigenvalue weighted by molar-refractivity contribution is 6.88. The van der Waals surface area contributed by atoms with E-state index in [-0.39, 0.29) is 0 Å². The monoisotopic (exact) mass is 357 g/mol. The average molecular weight is 358 g/mol. The Morgan fingerprint density at radius 1 is 0.885 bits per heavy atom. The molecule has 0 spiro atoms. The van der Waals surface area contributed by atoms with Gasteiger partial charge in [0, 0.05) is 16.8 Å². The van der Waals surface area contributed by atoms with Gasteiger partial charge in [-0.2, -0.15) is 0 Å². The van der Waals surface area contributed by atoms with Crippen LogP contribution >= 0.6 is 0 Å². The van der Waals surface area contributed by atoms with Crippen LogP contribution in [0.1, 0.15) is 5.56 Å². The summed E-state index contributed by atoms with van der Waals surface area (Å²) in [6.07, 6.45) is 2.29. The lowest BCUT2D eigenvalue weighted by molar-refractivity contribution is -0.659. The minimum absolute atomic E-state index is 0.675. The zero-order chi connectivity index (χ0) is 18.9. The second-order valence-electron chi connectivity index (χ2n) is 7.85. The second kappa shape index (κ2) is 6.90. The predicted molar refractivity (Wildman–Crippen MR) is 112 cm³/mol. The van der Waals surface area contributed by atoms with E-state index in [0.717, 1.165) is 5.56 Å². The number of aryl methyl sites for hydroxylation is 2. The molecule has 0 fully saturated rings. The first kappa shape index (κ1) is 18.1. The Labute approximate surface area is 157 Å². The molecule has 1 aromatic heterocycles. The topological polar surface area (TPSA) is 8.24 Å². The van der Waals surface area contributed by atoms with Gasteiger partial charge in [-0.1, -0.05) is 62.1 Å². The number of nitrogens with zero attached hydrogens (tertiary/aromatic N) is 2. The first-order valence-corrected chi connectivity index (χ1v) is 12.4. The number of hydrogen-bond donors (Lipinski definition) is 0. The lowest BCUT2D eigenvalue weighted by atomic mass is 9.97. The summed E-state index contributed by atoms with van der Waals surface area (Å²) in [6.45, 7) is 16.4. The normalized spacial score (nSPS) is 11.2. The molecular weight excluding hydrogens is 332 g/mol. The van der Waals surface area contributed by atoms with Crippen molar-refractivity contribution in [2.45, 2.75) is 26.6 Å². The number of aromatic nitrogens is 1. The standard InChI is InChI=1S/C23H25N2Si/c1-17-7-8-19(18-9-11-20(24-2)12-10-18)15-22(17)23-14-13-21(16-25(23)3)26(4,5)6/h7-16H,1,3-6H3/q+1. The smallest absolute Gasteiger partial charge is 0.212 e. The molecule has 26 heavy (non-hydrogen) atoms. The van der Waals surface area contributed by atoms with E-state index in [1.807, 2.05) is 24.3 Å². The summed E-state index contributed by atoms with van der Waals surface area (Å²) < 4.78 is 2.25. The van der Waals surface area contributed by atoms with E-state index in [4.69, 9.17) is 6.57 Å². The molecule has 0 aliphatic carbocycles. The van der Waals surface area contributed by atoms with Crippen LogP contribution in [0.2, 0.25) is 19.6 Å². The molecule has 0 saturated carbocycles. The van der Waals surface area contributed by atoms with Crippen molar-refractivity contribution in [3.8, 4) is 22.4 Å².